The SMILES string of the molecule is CCNC(=NCCC(=O)N1CCCCC1C)N1CCN(C(C)C(=O)N2CCCC2)CC1. The molecule has 2 atom stereocenters. The van der Waals surface area contributed by atoms with Crippen molar-refractivity contribution in [1.82, 2.24) is 24.9 Å². The van der Waals surface area contributed by atoms with Crippen molar-refractivity contribution in [3.63, 3.8) is 0 Å². The molecule has 3 rings (SSSR count). The number of carbonyl (C=O) groups is 2. The number of carbonyl (C=O) groups excluding carboxylic acids is 2. The highest BCUT2D eigenvalue weighted by molar-refractivity contribution is 5.82. The Kier molecular flexibility index (Phi) is 8.99. The number of piperazine rings is 1. The normalized spacial score (nSPS) is 24.4. The van der Waals surface area contributed by atoms with Crippen molar-refractivity contribution in [3.8, 4) is 0 Å². The van der Waals surface area contributed by atoms with Crippen LogP contribution in [0.15, 0.2) is 4.99 Å². The van der Waals surface area contributed by atoms with E-state index in [-0.39, 0.29) is 17.9 Å². The minimum atomic E-state index is -0.0519. The summed E-state index contributed by atoms with van der Waals surface area (Å²) in [5.74, 6) is 1.39. The van der Waals surface area contributed by atoms with Crippen molar-refractivity contribution in [2.45, 2.75) is 71.4 Å². The molecular formula is C23H42N6O2. The molecule has 0 aromatic rings. The summed E-state index contributed by atoms with van der Waals surface area (Å²) in [5.41, 5.74) is 0. The zero-order valence-electron chi connectivity index (χ0n) is 19.8. The van der Waals surface area contributed by atoms with Crippen LogP contribution in [0.2, 0.25) is 0 Å². The largest absolute Gasteiger partial charge is 0.357 e. The van der Waals surface area contributed by atoms with Gasteiger partial charge in [0.15, 0.2) is 5.96 Å². The molecule has 3 fully saturated rings. The minimum absolute atomic E-state index is 0.0519. The van der Waals surface area contributed by atoms with Gasteiger partial charge in [-0.15, -0.1) is 0 Å². The van der Waals surface area contributed by atoms with Crippen LogP contribution in [-0.2, 0) is 9.59 Å². The van der Waals surface area contributed by atoms with Crippen LogP contribution in [0.25, 0.3) is 0 Å². The van der Waals surface area contributed by atoms with Crippen LogP contribution >= 0.6 is 0 Å². The first-order valence-electron chi connectivity index (χ1n) is 12.4. The second-order valence-corrected chi connectivity index (χ2v) is 9.15. The van der Waals surface area contributed by atoms with Gasteiger partial charge in [0, 0.05) is 64.8 Å². The van der Waals surface area contributed by atoms with Gasteiger partial charge in [0.1, 0.15) is 0 Å². The van der Waals surface area contributed by atoms with Crippen molar-refractivity contribution in [3.05, 3.63) is 0 Å². The third kappa shape index (κ3) is 6.34. The lowest BCUT2D eigenvalue weighted by molar-refractivity contribution is -0.136. The van der Waals surface area contributed by atoms with Gasteiger partial charge in [-0.25, -0.2) is 0 Å². The summed E-state index contributed by atoms with van der Waals surface area (Å²) < 4.78 is 0. The summed E-state index contributed by atoms with van der Waals surface area (Å²) in [6.45, 7) is 13.7. The maximum Gasteiger partial charge on any atom is 0.239 e. The number of guanidine groups is 1. The molecular weight excluding hydrogens is 392 g/mol. The van der Waals surface area contributed by atoms with Crippen LogP contribution in [0.4, 0.5) is 0 Å². The highest BCUT2D eigenvalue weighted by Gasteiger charge is 2.30. The molecule has 176 valence electrons. The molecule has 0 bridgehead atoms. The Morgan fingerprint density at radius 3 is 2.29 bits per heavy atom. The monoisotopic (exact) mass is 434 g/mol. The van der Waals surface area contributed by atoms with Crippen LogP contribution in [-0.4, -0.2) is 108 Å². The Hall–Kier alpha value is -1.83. The van der Waals surface area contributed by atoms with E-state index < -0.39 is 0 Å². The van der Waals surface area contributed by atoms with E-state index in [4.69, 9.17) is 4.99 Å². The number of hydrogen-bond donors (Lipinski definition) is 1. The fraction of sp³-hybridized carbons (Fsp3) is 0.870. The first kappa shape index (κ1) is 23.8. The van der Waals surface area contributed by atoms with Gasteiger partial charge in [0.05, 0.1) is 12.6 Å². The van der Waals surface area contributed by atoms with Gasteiger partial charge in [0.2, 0.25) is 11.8 Å². The molecule has 3 heterocycles. The summed E-state index contributed by atoms with van der Waals surface area (Å²) >= 11 is 0. The van der Waals surface area contributed by atoms with E-state index in [0.717, 1.165) is 84.0 Å². The quantitative estimate of drug-likeness (QED) is 0.505. The van der Waals surface area contributed by atoms with Gasteiger partial charge in [-0.05, 0) is 52.9 Å². The molecule has 0 radical (unpaired) electrons. The molecule has 2 amide bonds. The number of aliphatic imine (C=N–C) groups is 1. The maximum absolute atomic E-state index is 12.7. The van der Waals surface area contributed by atoms with Crippen LogP contribution in [0.5, 0.6) is 0 Å². The molecule has 31 heavy (non-hydrogen) atoms. The summed E-state index contributed by atoms with van der Waals surface area (Å²) in [6, 6.07) is 0.306. The van der Waals surface area contributed by atoms with Gasteiger partial charge in [0.25, 0.3) is 0 Å². The lowest BCUT2D eigenvalue weighted by atomic mass is 10.0. The van der Waals surface area contributed by atoms with Gasteiger partial charge >= 0.3 is 0 Å². The van der Waals surface area contributed by atoms with Crippen molar-refractivity contribution >= 4 is 17.8 Å². The lowest BCUT2D eigenvalue weighted by Crippen LogP contribution is -2.57. The molecule has 0 aromatic heterocycles. The molecule has 3 saturated heterocycles. The predicted molar refractivity (Wildman–Crippen MR) is 124 cm³/mol. The Morgan fingerprint density at radius 1 is 0.968 bits per heavy atom. The van der Waals surface area contributed by atoms with E-state index in [1.807, 2.05) is 16.7 Å². The highest BCUT2D eigenvalue weighted by Crippen LogP contribution is 2.17. The molecule has 3 aliphatic heterocycles. The number of piperidine rings is 1. The first-order chi connectivity index (χ1) is 15.0. The van der Waals surface area contributed by atoms with Crippen molar-refractivity contribution in [1.29, 1.82) is 0 Å². The van der Waals surface area contributed by atoms with Gasteiger partial charge in [-0.3, -0.25) is 19.5 Å². The summed E-state index contributed by atoms with van der Waals surface area (Å²) in [7, 11) is 0. The average molecular weight is 435 g/mol. The van der Waals surface area contributed by atoms with Gasteiger partial charge in [-0.1, -0.05) is 0 Å². The zero-order chi connectivity index (χ0) is 22.2. The topological polar surface area (TPSA) is 71.5 Å². The van der Waals surface area contributed by atoms with Crippen LogP contribution in [0.1, 0.15) is 59.3 Å². The van der Waals surface area contributed by atoms with Crippen molar-refractivity contribution in [2.75, 3.05) is 58.9 Å². The summed E-state index contributed by atoms with van der Waals surface area (Å²) in [4.78, 5) is 38.7. The standard InChI is InChI=1S/C23H42N6O2/c1-4-24-23(25-11-10-21(30)29-14-6-5-9-19(29)2)28-17-15-26(16-18-28)20(3)22(31)27-12-7-8-13-27/h19-20H,4-18H2,1-3H3,(H,24,25). The third-order valence-electron chi connectivity index (χ3n) is 6.98. The van der Waals surface area contributed by atoms with Gasteiger partial charge < -0.3 is 20.0 Å². The molecule has 0 aliphatic carbocycles. The summed E-state index contributed by atoms with van der Waals surface area (Å²) in [6.07, 6.45) is 6.19. The average Bonchev–Trinajstić information content (AvgIpc) is 3.33. The van der Waals surface area contributed by atoms with Crippen LogP contribution < -0.4 is 5.32 Å². The third-order valence-corrected chi connectivity index (χ3v) is 6.98. The van der Waals surface area contributed by atoms with Crippen LogP contribution in [0, 0.1) is 0 Å². The van der Waals surface area contributed by atoms with Gasteiger partial charge in [-0.2, -0.15) is 0 Å². The van der Waals surface area contributed by atoms with E-state index in [1.165, 1.54) is 6.42 Å². The Balaban J connectivity index is 1.47. The highest BCUT2D eigenvalue weighted by atomic mass is 16.2. The van der Waals surface area contributed by atoms with E-state index in [9.17, 15) is 9.59 Å². The molecule has 8 heteroatoms. The molecule has 3 aliphatic rings. The fourth-order valence-corrected chi connectivity index (χ4v) is 4.97. The van der Waals surface area contributed by atoms with Crippen molar-refractivity contribution in [2.24, 2.45) is 4.99 Å². The van der Waals surface area contributed by atoms with E-state index in [1.54, 1.807) is 0 Å². The summed E-state index contributed by atoms with van der Waals surface area (Å²) in [5, 5.41) is 3.38. The number of amides is 2. The molecule has 0 spiro atoms. The number of nitrogens with one attached hydrogen (secondary N) is 1. The molecule has 8 nitrogen and oxygen atoms in total. The Labute approximate surface area is 188 Å². The number of likely N-dealkylation sites (tertiary alicyclic amines) is 2. The predicted octanol–water partition coefficient (Wildman–Crippen LogP) is 1.37. The Morgan fingerprint density at radius 2 is 1.65 bits per heavy atom. The first-order valence-corrected chi connectivity index (χ1v) is 12.4. The maximum atomic E-state index is 12.7. The molecule has 2 unspecified atom stereocenters. The number of hydrogen-bond acceptors (Lipinski definition) is 4. The molecule has 0 aromatic carbocycles. The molecule has 1 N–H and O–H groups in total. The number of rotatable bonds is 6. The smallest absolute Gasteiger partial charge is 0.239 e. The minimum Gasteiger partial charge on any atom is -0.357 e. The Bertz CT molecular complexity index is 626. The number of nitrogens with zero attached hydrogens (tertiary/aromatic N) is 5. The van der Waals surface area contributed by atoms with Crippen LogP contribution in [0.3, 0.4) is 0 Å². The van der Waals surface area contributed by atoms with Crippen molar-refractivity contribution < 1.29 is 9.59 Å². The second-order valence-electron chi connectivity index (χ2n) is 9.15. The fourth-order valence-electron chi connectivity index (χ4n) is 4.97. The zero-order valence-corrected chi connectivity index (χ0v) is 19.8. The van der Waals surface area contributed by atoms with E-state index >= 15 is 0 Å². The van der Waals surface area contributed by atoms with E-state index in [0.29, 0.717) is 19.0 Å². The second kappa shape index (κ2) is 11.7. The lowest BCUT2D eigenvalue weighted by Gasteiger charge is -2.39. The van der Waals surface area contributed by atoms with E-state index in [2.05, 4.69) is 29.0 Å². The molecule has 0 saturated carbocycles.